The zero-order valence-corrected chi connectivity index (χ0v) is 33.4. The van der Waals surface area contributed by atoms with Crippen LogP contribution < -0.4 is 5.32 Å². The Hall–Kier alpha value is -2.16. The van der Waals surface area contributed by atoms with Gasteiger partial charge >= 0.3 is 0 Å². The first kappa shape index (κ1) is 41.3. The summed E-state index contributed by atoms with van der Waals surface area (Å²) in [6, 6.07) is 18.0. The number of ether oxygens (including phenoxy) is 1. The molecule has 0 heterocycles. The molecule has 2 nitrogen and oxygen atoms in total. The lowest BCUT2D eigenvalue weighted by Crippen LogP contribution is -2.54. The maximum atomic E-state index is 7.38. The number of nitrogens with one attached hydrogen (secondary N) is 1. The van der Waals surface area contributed by atoms with Crippen LogP contribution >= 0.6 is 0 Å². The third-order valence-corrected chi connectivity index (χ3v) is 11.4. The van der Waals surface area contributed by atoms with Crippen molar-refractivity contribution in [3.8, 4) is 0 Å². The molecule has 0 aliphatic heterocycles. The summed E-state index contributed by atoms with van der Waals surface area (Å²) in [6.07, 6.45) is 21.5. The van der Waals surface area contributed by atoms with E-state index in [-0.39, 0.29) is 23.2 Å². The monoisotopic (exact) mass is 670 g/mol. The molecule has 3 rings (SSSR count). The van der Waals surface area contributed by atoms with Crippen molar-refractivity contribution in [1.82, 2.24) is 5.32 Å². The van der Waals surface area contributed by atoms with E-state index in [4.69, 9.17) is 4.74 Å². The van der Waals surface area contributed by atoms with Crippen LogP contribution in [0.15, 0.2) is 61.2 Å². The standard InChI is InChI=1S/C47H75NO/c1-11-14-16-18-20-25-34-42(49-45(46(7,8)9)37(5)28-22-19-17-15-12-2)47(10,13-3)48-35-27-33-41-40-32-26-29-36(4)43(40)38(6)44(41)39-30-23-21-24-31-39/h13,21,23-24,26,29-32,37,41-42,45,48H,3,11-12,14-20,22,25,27-28,33-35H2,1-2,4-10H3. The molecular weight excluding hydrogens is 595 g/mol. The minimum atomic E-state index is -0.286. The summed E-state index contributed by atoms with van der Waals surface area (Å²) in [4.78, 5) is 0. The summed E-state index contributed by atoms with van der Waals surface area (Å²) >= 11 is 0. The Morgan fingerprint density at radius 1 is 0.776 bits per heavy atom. The first-order valence-electron chi connectivity index (χ1n) is 20.4. The van der Waals surface area contributed by atoms with Crippen LogP contribution in [0.5, 0.6) is 0 Å². The van der Waals surface area contributed by atoms with E-state index in [2.05, 4.69) is 129 Å². The molecular formula is C47H75NO. The Bertz CT molecular complexity index is 1270. The number of hydrogen-bond donors (Lipinski definition) is 1. The fourth-order valence-corrected chi connectivity index (χ4v) is 8.57. The van der Waals surface area contributed by atoms with Gasteiger partial charge in [-0.05, 0) is 97.7 Å². The fourth-order valence-electron chi connectivity index (χ4n) is 8.57. The third kappa shape index (κ3) is 12.0. The quantitative estimate of drug-likeness (QED) is 0.0887. The average Bonchev–Trinajstić information content (AvgIpc) is 3.37. The van der Waals surface area contributed by atoms with E-state index in [1.54, 1.807) is 0 Å². The van der Waals surface area contributed by atoms with Gasteiger partial charge in [-0.25, -0.2) is 0 Å². The zero-order chi connectivity index (χ0) is 35.9. The van der Waals surface area contributed by atoms with E-state index in [1.165, 1.54) is 110 Å². The summed E-state index contributed by atoms with van der Waals surface area (Å²) in [5.41, 5.74) is 8.48. The van der Waals surface area contributed by atoms with Crippen molar-refractivity contribution < 1.29 is 4.74 Å². The third-order valence-electron chi connectivity index (χ3n) is 11.4. The van der Waals surface area contributed by atoms with E-state index in [1.807, 2.05) is 0 Å². The van der Waals surface area contributed by atoms with Crippen LogP contribution in [0.3, 0.4) is 0 Å². The molecule has 5 unspecified atom stereocenters. The lowest BCUT2D eigenvalue weighted by Gasteiger charge is -2.44. The highest BCUT2D eigenvalue weighted by Gasteiger charge is 2.39. The molecule has 1 aliphatic rings. The topological polar surface area (TPSA) is 21.3 Å². The van der Waals surface area contributed by atoms with Gasteiger partial charge in [-0.2, -0.15) is 0 Å². The average molecular weight is 670 g/mol. The summed E-state index contributed by atoms with van der Waals surface area (Å²) in [7, 11) is 0. The molecule has 0 radical (unpaired) electrons. The first-order chi connectivity index (χ1) is 23.5. The lowest BCUT2D eigenvalue weighted by atomic mass is 9.79. The van der Waals surface area contributed by atoms with E-state index in [0.717, 1.165) is 25.8 Å². The minimum Gasteiger partial charge on any atom is -0.372 e. The minimum absolute atomic E-state index is 0.0797. The van der Waals surface area contributed by atoms with Gasteiger partial charge in [0.1, 0.15) is 0 Å². The fraction of sp³-hybridized carbons (Fsp3) is 0.660. The Morgan fingerprint density at radius 2 is 1.39 bits per heavy atom. The van der Waals surface area contributed by atoms with Crippen molar-refractivity contribution in [3.05, 3.63) is 83.4 Å². The van der Waals surface area contributed by atoms with Gasteiger partial charge < -0.3 is 10.1 Å². The molecule has 0 bridgehead atoms. The van der Waals surface area contributed by atoms with Gasteiger partial charge in [0.15, 0.2) is 0 Å². The number of fused-ring (bicyclic) bond motifs is 1. The van der Waals surface area contributed by atoms with Crippen LogP contribution in [0, 0.1) is 18.3 Å². The molecule has 0 saturated carbocycles. The SMILES string of the molecule is C=CC(C)(NCCCC1C(c2ccccc2)=C(C)c2c(C)cccc21)C(CCCCCCCC)OC(C(C)CCCCCCC)C(C)(C)C. The molecule has 5 atom stereocenters. The van der Waals surface area contributed by atoms with Crippen LogP contribution in [-0.4, -0.2) is 24.3 Å². The molecule has 1 aliphatic carbocycles. The Balaban J connectivity index is 1.75. The van der Waals surface area contributed by atoms with Crippen LogP contribution in [0.1, 0.15) is 180 Å². The lowest BCUT2D eigenvalue weighted by molar-refractivity contribution is -0.118. The van der Waals surface area contributed by atoms with Gasteiger partial charge in [-0.15, -0.1) is 6.58 Å². The number of rotatable bonds is 24. The molecule has 49 heavy (non-hydrogen) atoms. The van der Waals surface area contributed by atoms with Gasteiger partial charge in [-0.1, -0.05) is 167 Å². The van der Waals surface area contributed by atoms with Crippen LogP contribution in [-0.2, 0) is 4.74 Å². The Labute approximate surface area is 304 Å². The molecule has 0 aromatic heterocycles. The van der Waals surface area contributed by atoms with Crippen LogP contribution in [0.2, 0.25) is 0 Å². The van der Waals surface area contributed by atoms with E-state index >= 15 is 0 Å². The van der Waals surface area contributed by atoms with E-state index < -0.39 is 0 Å². The van der Waals surface area contributed by atoms with Crippen LogP contribution in [0.25, 0.3) is 11.1 Å². The van der Waals surface area contributed by atoms with Gasteiger partial charge in [0.25, 0.3) is 0 Å². The Morgan fingerprint density at radius 3 is 2.00 bits per heavy atom. The highest BCUT2D eigenvalue weighted by Crippen LogP contribution is 2.50. The molecule has 0 amide bonds. The maximum absolute atomic E-state index is 7.38. The number of benzene rings is 2. The molecule has 2 heteroatoms. The number of hydrogen-bond acceptors (Lipinski definition) is 2. The second kappa shape index (κ2) is 20.6. The summed E-state index contributed by atoms with van der Waals surface area (Å²) in [5.74, 6) is 0.952. The molecule has 0 spiro atoms. The smallest absolute Gasteiger partial charge is 0.0793 e. The molecule has 1 N–H and O–H groups in total. The molecule has 0 fully saturated rings. The van der Waals surface area contributed by atoms with E-state index in [0.29, 0.717) is 11.8 Å². The molecule has 2 aromatic carbocycles. The molecule has 2 aromatic rings. The first-order valence-corrected chi connectivity index (χ1v) is 20.4. The second-order valence-electron chi connectivity index (χ2n) is 16.7. The summed E-state index contributed by atoms with van der Waals surface area (Å²) < 4.78 is 7.38. The summed E-state index contributed by atoms with van der Waals surface area (Å²) in [5, 5.41) is 4.04. The summed E-state index contributed by atoms with van der Waals surface area (Å²) in [6.45, 7) is 26.5. The van der Waals surface area contributed by atoms with E-state index in [9.17, 15) is 0 Å². The number of unbranched alkanes of at least 4 members (excludes halogenated alkanes) is 9. The molecule has 0 saturated heterocycles. The highest BCUT2D eigenvalue weighted by atomic mass is 16.5. The second-order valence-corrected chi connectivity index (χ2v) is 16.7. The number of aryl methyl sites for hydroxylation is 1. The normalized spacial score (nSPS) is 17.9. The van der Waals surface area contributed by atoms with Gasteiger partial charge in [0, 0.05) is 5.92 Å². The van der Waals surface area contributed by atoms with Crippen molar-refractivity contribution in [1.29, 1.82) is 0 Å². The van der Waals surface area contributed by atoms with Crippen molar-refractivity contribution in [3.63, 3.8) is 0 Å². The molecule has 274 valence electrons. The Kier molecular flexibility index (Phi) is 17.4. The van der Waals surface area contributed by atoms with Crippen molar-refractivity contribution in [2.75, 3.05) is 6.54 Å². The van der Waals surface area contributed by atoms with Crippen molar-refractivity contribution in [2.45, 2.75) is 182 Å². The van der Waals surface area contributed by atoms with Crippen LogP contribution in [0.4, 0.5) is 0 Å². The van der Waals surface area contributed by atoms with Gasteiger partial charge in [0.2, 0.25) is 0 Å². The van der Waals surface area contributed by atoms with Gasteiger partial charge in [0.05, 0.1) is 17.7 Å². The maximum Gasteiger partial charge on any atom is 0.0793 e. The predicted octanol–water partition coefficient (Wildman–Crippen LogP) is 13.9. The van der Waals surface area contributed by atoms with Crippen molar-refractivity contribution in [2.24, 2.45) is 11.3 Å². The highest BCUT2D eigenvalue weighted by molar-refractivity contribution is 5.99. The zero-order valence-electron chi connectivity index (χ0n) is 33.4. The van der Waals surface area contributed by atoms with Crippen molar-refractivity contribution >= 4 is 11.1 Å². The largest absolute Gasteiger partial charge is 0.372 e. The predicted molar refractivity (Wildman–Crippen MR) is 217 cm³/mol. The van der Waals surface area contributed by atoms with Gasteiger partial charge in [-0.3, -0.25) is 0 Å². The number of allylic oxidation sites excluding steroid dienone is 2.